The molecular weight excluding hydrogens is 284 g/mol. The monoisotopic (exact) mass is 320 g/mol. The molecule has 0 radical (unpaired) electrons. The molecule has 2 aromatic carbocycles. The molecule has 0 heterocycles. The van der Waals surface area contributed by atoms with E-state index in [0.717, 1.165) is 11.5 Å². The van der Waals surface area contributed by atoms with E-state index >= 15 is 0 Å². The molecule has 23 heavy (non-hydrogen) atoms. The smallest absolute Gasteiger partial charge is 0.119 e. The summed E-state index contributed by atoms with van der Waals surface area (Å²) in [6, 6.07) is 15.9. The first-order valence-corrected chi connectivity index (χ1v) is 7.87. The summed E-state index contributed by atoms with van der Waals surface area (Å²) in [5, 5.41) is 0. The molecule has 0 saturated carbocycles. The second kappa shape index (κ2) is 18.1. The third kappa shape index (κ3) is 13.4. The Hall–Kier alpha value is -1.96. The van der Waals surface area contributed by atoms with Crippen LogP contribution in [0.15, 0.2) is 48.5 Å². The Balaban J connectivity index is -0.000000280. The van der Waals surface area contributed by atoms with Gasteiger partial charge in [0.1, 0.15) is 11.5 Å². The summed E-state index contributed by atoms with van der Waals surface area (Å²) in [5.74, 6) is 1.70. The summed E-state index contributed by atoms with van der Waals surface area (Å²) < 4.78 is 9.92. The summed E-state index contributed by atoms with van der Waals surface area (Å²) >= 11 is 0. The van der Waals surface area contributed by atoms with Crippen molar-refractivity contribution in [1.29, 1.82) is 0 Å². The highest BCUT2D eigenvalue weighted by atomic mass is 16.5. The summed E-state index contributed by atoms with van der Waals surface area (Å²) in [5.41, 5.74) is 2.66. The zero-order valence-corrected chi connectivity index (χ0v) is 15.4. The van der Waals surface area contributed by atoms with Crippen LogP contribution in [-0.2, 0) is 0 Å². The Morgan fingerprint density at radius 2 is 0.739 bits per heavy atom. The lowest BCUT2D eigenvalue weighted by Crippen LogP contribution is -1.83. The van der Waals surface area contributed by atoms with Crippen LogP contribution >= 0.6 is 0 Å². The zero-order chi connectivity index (χ0) is 17.4. The molecule has 2 nitrogen and oxygen atoms in total. The Labute approximate surface area is 144 Å². The molecular formula is C21H36O2. The van der Waals surface area contributed by atoms with E-state index in [1.807, 2.05) is 52.0 Å². The van der Waals surface area contributed by atoms with Gasteiger partial charge in [-0.15, -0.1) is 0 Å². The standard InChI is InChI=1S/C8H10O2.C8H10.2C2H6.CH4/c1-9-7-3-5-8(10-2)6-4-7;1-7-3-5-8(2)6-4-7;2*1-2;/h3-6H,1-2H3;3-6H,1-2H3;2*1-2H3;1H4. The van der Waals surface area contributed by atoms with Gasteiger partial charge < -0.3 is 9.47 Å². The zero-order valence-electron chi connectivity index (χ0n) is 15.4. The van der Waals surface area contributed by atoms with Gasteiger partial charge in [0.25, 0.3) is 0 Å². The van der Waals surface area contributed by atoms with Gasteiger partial charge in [0.2, 0.25) is 0 Å². The normalized spacial score (nSPS) is 7.65. The molecule has 0 bridgehead atoms. The Morgan fingerprint density at radius 1 is 0.522 bits per heavy atom. The summed E-state index contributed by atoms with van der Waals surface area (Å²) in [4.78, 5) is 0. The number of methoxy groups -OCH3 is 2. The largest absolute Gasteiger partial charge is 0.497 e. The molecule has 0 spiro atoms. The lowest BCUT2D eigenvalue weighted by Gasteiger charge is -2.00. The van der Waals surface area contributed by atoms with E-state index in [1.54, 1.807) is 14.2 Å². The van der Waals surface area contributed by atoms with Crippen molar-refractivity contribution in [2.75, 3.05) is 14.2 Å². The molecule has 0 unspecified atom stereocenters. The van der Waals surface area contributed by atoms with E-state index < -0.39 is 0 Å². The Morgan fingerprint density at radius 3 is 0.913 bits per heavy atom. The first-order valence-electron chi connectivity index (χ1n) is 7.87. The molecule has 0 aliphatic carbocycles. The fraction of sp³-hybridized carbons (Fsp3) is 0.429. The van der Waals surface area contributed by atoms with Gasteiger partial charge in [0.15, 0.2) is 0 Å². The van der Waals surface area contributed by atoms with Crippen LogP contribution in [0.3, 0.4) is 0 Å². The van der Waals surface area contributed by atoms with Crippen LogP contribution in [0, 0.1) is 13.8 Å². The molecule has 2 aromatic rings. The first kappa shape index (κ1) is 26.0. The van der Waals surface area contributed by atoms with Crippen LogP contribution in [0.5, 0.6) is 11.5 Å². The molecule has 0 aromatic heterocycles. The van der Waals surface area contributed by atoms with Crippen molar-refractivity contribution >= 4 is 0 Å². The van der Waals surface area contributed by atoms with Crippen LogP contribution in [0.2, 0.25) is 0 Å². The molecule has 0 saturated heterocycles. The molecule has 2 heteroatoms. The van der Waals surface area contributed by atoms with Crippen molar-refractivity contribution in [3.05, 3.63) is 59.7 Å². The fourth-order valence-electron chi connectivity index (χ4n) is 1.35. The van der Waals surface area contributed by atoms with E-state index in [1.165, 1.54) is 11.1 Å². The van der Waals surface area contributed by atoms with Gasteiger partial charge in [-0.1, -0.05) is 70.5 Å². The summed E-state index contributed by atoms with van der Waals surface area (Å²) in [6.45, 7) is 12.2. The second-order valence-corrected chi connectivity index (χ2v) is 4.03. The van der Waals surface area contributed by atoms with E-state index in [9.17, 15) is 0 Å². The van der Waals surface area contributed by atoms with Gasteiger partial charge in [-0.05, 0) is 38.1 Å². The van der Waals surface area contributed by atoms with Crippen LogP contribution in [0.25, 0.3) is 0 Å². The first-order chi connectivity index (χ1) is 10.7. The number of ether oxygens (including phenoxy) is 2. The predicted octanol–water partition coefficient (Wildman–Crippen LogP) is 6.70. The minimum absolute atomic E-state index is 0. The highest BCUT2D eigenvalue weighted by Gasteiger charge is 1.90. The van der Waals surface area contributed by atoms with E-state index in [2.05, 4.69) is 38.1 Å². The maximum atomic E-state index is 4.96. The molecule has 132 valence electrons. The molecule has 2 rings (SSSR count). The quantitative estimate of drug-likeness (QED) is 0.613. The van der Waals surface area contributed by atoms with E-state index in [0.29, 0.717) is 0 Å². The highest BCUT2D eigenvalue weighted by Crippen LogP contribution is 2.15. The summed E-state index contributed by atoms with van der Waals surface area (Å²) in [7, 11) is 3.28. The lowest BCUT2D eigenvalue weighted by atomic mass is 10.2. The number of rotatable bonds is 2. The van der Waals surface area contributed by atoms with Gasteiger partial charge >= 0.3 is 0 Å². The van der Waals surface area contributed by atoms with Crippen LogP contribution in [-0.4, -0.2) is 14.2 Å². The summed E-state index contributed by atoms with van der Waals surface area (Å²) in [6.07, 6.45) is 0. The predicted molar refractivity (Wildman–Crippen MR) is 105 cm³/mol. The molecule has 0 fully saturated rings. The maximum Gasteiger partial charge on any atom is 0.119 e. The average molecular weight is 321 g/mol. The molecule has 0 aliphatic heterocycles. The average Bonchev–Trinajstić information content (AvgIpc) is 2.61. The van der Waals surface area contributed by atoms with Crippen LogP contribution in [0.4, 0.5) is 0 Å². The third-order valence-electron chi connectivity index (χ3n) is 2.51. The van der Waals surface area contributed by atoms with Crippen LogP contribution in [0.1, 0.15) is 46.2 Å². The fourth-order valence-corrected chi connectivity index (χ4v) is 1.35. The minimum atomic E-state index is 0. The van der Waals surface area contributed by atoms with Crippen molar-refractivity contribution in [1.82, 2.24) is 0 Å². The SMILES string of the molecule is C.CC.CC.COc1ccc(OC)cc1.Cc1ccc(C)cc1. The van der Waals surface area contributed by atoms with Crippen molar-refractivity contribution in [2.24, 2.45) is 0 Å². The number of hydrogen-bond acceptors (Lipinski definition) is 2. The molecule has 0 N–H and O–H groups in total. The Bertz CT molecular complexity index is 400. The number of aryl methyl sites for hydroxylation is 2. The lowest BCUT2D eigenvalue weighted by molar-refractivity contribution is 0.403. The number of benzene rings is 2. The van der Waals surface area contributed by atoms with Crippen molar-refractivity contribution in [3.8, 4) is 11.5 Å². The Kier molecular flexibility index (Phi) is 20.4. The van der Waals surface area contributed by atoms with Crippen LogP contribution < -0.4 is 9.47 Å². The van der Waals surface area contributed by atoms with Gasteiger partial charge in [-0.2, -0.15) is 0 Å². The topological polar surface area (TPSA) is 18.5 Å². The highest BCUT2D eigenvalue weighted by molar-refractivity contribution is 5.30. The van der Waals surface area contributed by atoms with Gasteiger partial charge in [0.05, 0.1) is 14.2 Å². The minimum Gasteiger partial charge on any atom is -0.497 e. The maximum absolute atomic E-state index is 4.96. The van der Waals surface area contributed by atoms with Crippen molar-refractivity contribution < 1.29 is 9.47 Å². The third-order valence-corrected chi connectivity index (χ3v) is 2.51. The van der Waals surface area contributed by atoms with Crippen molar-refractivity contribution in [3.63, 3.8) is 0 Å². The van der Waals surface area contributed by atoms with E-state index in [4.69, 9.17) is 9.47 Å². The number of hydrogen-bond donors (Lipinski definition) is 0. The van der Waals surface area contributed by atoms with Gasteiger partial charge in [0, 0.05) is 0 Å². The van der Waals surface area contributed by atoms with Gasteiger partial charge in [-0.3, -0.25) is 0 Å². The van der Waals surface area contributed by atoms with E-state index in [-0.39, 0.29) is 7.43 Å². The van der Waals surface area contributed by atoms with Gasteiger partial charge in [-0.25, -0.2) is 0 Å². The molecule has 0 atom stereocenters. The molecule has 0 aliphatic rings. The second-order valence-electron chi connectivity index (χ2n) is 4.03. The molecule has 0 amide bonds. The van der Waals surface area contributed by atoms with Crippen molar-refractivity contribution in [2.45, 2.75) is 49.0 Å².